The Morgan fingerprint density at radius 1 is 1.00 bits per heavy atom. The smallest absolute Gasteiger partial charge is 0.331 e. The molecule has 0 radical (unpaired) electrons. The summed E-state index contributed by atoms with van der Waals surface area (Å²) in [6, 6.07) is 5.54. The van der Waals surface area contributed by atoms with Crippen LogP contribution >= 0.6 is 0 Å². The lowest BCUT2D eigenvalue weighted by atomic mass is 9.63. The Balaban J connectivity index is 1.33. The van der Waals surface area contributed by atoms with Crippen molar-refractivity contribution in [2.45, 2.75) is 20.3 Å². The molecule has 0 N–H and O–H groups in total. The first kappa shape index (κ1) is 15.8. The molecular formula is C21H21NO4. The Hall–Kier alpha value is -2.43. The standard InChI is InChI=1S/C21H21NO4/c1-10-5-11(2)7-12(6-10)26-17(23)9-22-20(24)18-13-3-4-14(16-8-15(13)16)19(18)21(22)25/h3-7,13-16,18-19H,8-9H2,1-2H3/t13-,14-,15-,16-,18+,19+/m1/s1. The van der Waals surface area contributed by atoms with Crippen LogP contribution in [0.15, 0.2) is 30.4 Å². The summed E-state index contributed by atoms with van der Waals surface area (Å²) in [5, 5.41) is 0. The number of amides is 2. The molecule has 2 saturated carbocycles. The molecule has 1 saturated heterocycles. The van der Waals surface area contributed by atoms with E-state index < -0.39 is 5.97 Å². The Bertz CT molecular complexity index is 817. The lowest BCUT2D eigenvalue weighted by Gasteiger charge is -2.37. The zero-order chi connectivity index (χ0) is 18.2. The average Bonchev–Trinajstić information content (AvgIpc) is 3.35. The molecule has 5 nitrogen and oxygen atoms in total. The van der Waals surface area contributed by atoms with Crippen LogP contribution < -0.4 is 4.74 Å². The fourth-order valence-electron chi connectivity index (χ4n) is 5.46. The maximum atomic E-state index is 12.9. The van der Waals surface area contributed by atoms with Crippen LogP contribution in [0, 0.1) is 49.4 Å². The number of benzene rings is 1. The topological polar surface area (TPSA) is 63.7 Å². The molecule has 0 unspecified atom stereocenters. The molecule has 4 aliphatic carbocycles. The number of allylic oxidation sites excluding steroid dienone is 2. The van der Waals surface area contributed by atoms with E-state index in [1.807, 2.05) is 19.9 Å². The zero-order valence-corrected chi connectivity index (χ0v) is 14.8. The van der Waals surface area contributed by atoms with Gasteiger partial charge in [0.2, 0.25) is 11.8 Å². The summed E-state index contributed by atoms with van der Waals surface area (Å²) in [6.45, 7) is 3.56. The van der Waals surface area contributed by atoms with Crippen LogP contribution in [0.2, 0.25) is 0 Å². The Labute approximate surface area is 152 Å². The van der Waals surface area contributed by atoms with Gasteiger partial charge in [0.15, 0.2) is 0 Å². The first-order chi connectivity index (χ1) is 12.4. The lowest BCUT2D eigenvalue weighted by Crippen LogP contribution is -2.40. The minimum Gasteiger partial charge on any atom is -0.425 e. The second-order valence-corrected chi connectivity index (χ2v) is 8.21. The van der Waals surface area contributed by atoms with Gasteiger partial charge in [0.05, 0.1) is 11.8 Å². The Morgan fingerprint density at radius 3 is 2.08 bits per heavy atom. The maximum absolute atomic E-state index is 12.9. The number of nitrogens with zero attached hydrogens (tertiary/aromatic N) is 1. The second-order valence-electron chi connectivity index (χ2n) is 8.21. The van der Waals surface area contributed by atoms with Gasteiger partial charge in [0, 0.05) is 0 Å². The lowest BCUT2D eigenvalue weighted by molar-refractivity contribution is -0.148. The number of likely N-dealkylation sites (tertiary alicyclic amines) is 1. The molecule has 0 aromatic heterocycles. The number of ether oxygens (including phenoxy) is 1. The van der Waals surface area contributed by atoms with Crippen LogP contribution in [-0.2, 0) is 14.4 Å². The summed E-state index contributed by atoms with van der Waals surface area (Å²) in [4.78, 5) is 39.2. The number of imide groups is 1. The van der Waals surface area contributed by atoms with Crippen LogP contribution in [0.1, 0.15) is 17.5 Å². The van der Waals surface area contributed by atoms with Crippen LogP contribution in [0.5, 0.6) is 5.75 Å². The van der Waals surface area contributed by atoms with Gasteiger partial charge in [-0.2, -0.15) is 0 Å². The molecule has 5 aliphatic rings. The molecule has 1 aromatic rings. The first-order valence-corrected chi connectivity index (χ1v) is 9.26. The van der Waals surface area contributed by atoms with E-state index in [1.165, 1.54) is 0 Å². The fourth-order valence-corrected chi connectivity index (χ4v) is 5.46. The van der Waals surface area contributed by atoms with Gasteiger partial charge in [-0.1, -0.05) is 18.2 Å². The third-order valence-electron chi connectivity index (χ3n) is 6.47. The zero-order valence-electron chi connectivity index (χ0n) is 14.8. The van der Waals surface area contributed by atoms with Crippen LogP contribution in [0.25, 0.3) is 0 Å². The fraction of sp³-hybridized carbons (Fsp3) is 0.476. The van der Waals surface area contributed by atoms with Crippen molar-refractivity contribution in [2.75, 3.05) is 6.54 Å². The number of esters is 1. The largest absolute Gasteiger partial charge is 0.425 e. The minimum atomic E-state index is -0.569. The van der Waals surface area contributed by atoms with Crippen molar-refractivity contribution < 1.29 is 19.1 Å². The number of carbonyl (C=O) groups is 3. The highest BCUT2D eigenvalue weighted by Gasteiger charge is 2.67. The van der Waals surface area contributed by atoms with Crippen molar-refractivity contribution in [1.29, 1.82) is 0 Å². The van der Waals surface area contributed by atoms with Gasteiger partial charge >= 0.3 is 5.97 Å². The number of hydrogen-bond acceptors (Lipinski definition) is 4. The highest BCUT2D eigenvalue weighted by Crippen LogP contribution is 2.65. The predicted octanol–water partition coefficient (Wildman–Crippen LogP) is 2.26. The predicted molar refractivity (Wildman–Crippen MR) is 93.0 cm³/mol. The summed E-state index contributed by atoms with van der Waals surface area (Å²) >= 11 is 0. The van der Waals surface area contributed by atoms with Gasteiger partial charge < -0.3 is 4.74 Å². The highest BCUT2D eigenvalue weighted by molar-refractivity contribution is 6.08. The van der Waals surface area contributed by atoms with E-state index in [2.05, 4.69) is 12.2 Å². The minimum absolute atomic E-state index is 0.173. The van der Waals surface area contributed by atoms with Crippen molar-refractivity contribution in [3.05, 3.63) is 41.5 Å². The van der Waals surface area contributed by atoms with E-state index in [1.54, 1.807) is 12.1 Å². The van der Waals surface area contributed by atoms with Crippen molar-refractivity contribution in [2.24, 2.45) is 35.5 Å². The molecule has 6 atom stereocenters. The molecule has 6 rings (SSSR count). The summed E-state index contributed by atoms with van der Waals surface area (Å²) in [5.41, 5.74) is 1.99. The van der Waals surface area contributed by atoms with E-state index >= 15 is 0 Å². The summed E-state index contributed by atoms with van der Waals surface area (Å²) in [6.07, 6.45) is 5.38. The SMILES string of the molecule is Cc1cc(C)cc(OC(=O)CN2C(=O)[C@H]3[C@@H]4C=C[C@H]([C@H]5C[C@H]45)[C@@H]3C2=O)c1. The number of aryl methyl sites for hydroxylation is 2. The van der Waals surface area contributed by atoms with Crippen molar-refractivity contribution in [3.63, 3.8) is 0 Å². The molecule has 2 bridgehead atoms. The second kappa shape index (κ2) is 5.29. The van der Waals surface area contributed by atoms with Gasteiger partial charge in [-0.25, -0.2) is 4.79 Å². The molecule has 26 heavy (non-hydrogen) atoms. The van der Waals surface area contributed by atoms with Crippen LogP contribution in [-0.4, -0.2) is 29.2 Å². The third-order valence-corrected chi connectivity index (χ3v) is 6.47. The van der Waals surface area contributed by atoms with Gasteiger partial charge in [-0.05, 0) is 67.2 Å². The maximum Gasteiger partial charge on any atom is 0.331 e. The summed E-state index contributed by atoms with van der Waals surface area (Å²) in [7, 11) is 0. The Kier molecular flexibility index (Phi) is 3.21. The summed E-state index contributed by atoms with van der Waals surface area (Å²) < 4.78 is 5.39. The van der Waals surface area contributed by atoms with E-state index in [-0.39, 0.29) is 42.0 Å². The van der Waals surface area contributed by atoms with Crippen LogP contribution in [0.3, 0.4) is 0 Å². The third kappa shape index (κ3) is 2.19. The molecule has 1 aromatic carbocycles. The quantitative estimate of drug-likeness (QED) is 0.363. The molecule has 3 fully saturated rings. The summed E-state index contributed by atoms with van der Waals surface area (Å²) in [5.74, 6) is 0.427. The number of rotatable bonds is 3. The number of carbonyl (C=O) groups excluding carboxylic acids is 3. The molecule has 0 spiro atoms. The van der Waals surface area contributed by atoms with Gasteiger partial charge in [-0.3, -0.25) is 14.5 Å². The van der Waals surface area contributed by atoms with Gasteiger partial charge in [-0.15, -0.1) is 0 Å². The van der Waals surface area contributed by atoms with E-state index in [0.29, 0.717) is 17.6 Å². The normalized spacial score (nSPS) is 36.2. The molecule has 2 amide bonds. The number of hydrogen-bond donors (Lipinski definition) is 0. The van der Waals surface area contributed by atoms with Crippen molar-refractivity contribution >= 4 is 17.8 Å². The van der Waals surface area contributed by atoms with E-state index in [4.69, 9.17) is 4.74 Å². The monoisotopic (exact) mass is 351 g/mol. The van der Waals surface area contributed by atoms with E-state index in [9.17, 15) is 14.4 Å². The van der Waals surface area contributed by atoms with Crippen LogP contribution in [0.4, 0.5) is 0 Å². The highest BCUT2D eigenvalue weighted by atomic mass is 16.5. The molecule has 5 heteroatoms. The first-order valence-electron chi connectivity index (χ1n) is 9.26. The van der Waals surface area contributed by atoms with Crippen molar-refractivity contribution in [3.8, 4) is 5.75 Å². The molecule has 134 valence electrons. The van der Waals surface area contributed by atoms with E-state index in [0.717, 1.165) is 22.4 Å². The molecular weight excluding hydrogens is 330 g/mol. The van der Waals surface area contributed by atoms with Gasteiger partial charge in [0.1, 0.15) is 12.3 Å². The average molecular weight is 351 g/mol. The molecule has 1 heterocycles. The van der Waals surface area contributed by atoms with Crippen molar-refractivity contribution in [1.82, 2.24) is 4.90 Å². The Morgan fingerprint density at radius 2 is 1.54 bits per heavy atom. The van der Waals surface area contributed by atoms with Gasteiger partial charge in [0.25, 0.3) is 0 Å². The molecule has 1 aliphatic heterocycles.